The predicted octanol–water partition coefficient (Wildman–Crippen LogP) is 5.01. The number of carbonyl (C=O) groups excluding carboxylic acids is 1. The van der Waals surface area contributed by atoms with Gasteiger partial charge in [-0.05, 0) is 55.8 Å². The van der Waals surface area contributed by atoms with Crippen molar-refractivity contribution in [2.24, 2.45) is 0 Å². The van der Waals surface area contributed by atoms with Crippen molar-refractivity contribution in [1.82, 2.24) is 4.90 Å². The normalized spacial score (nSPS) is 11.7. The zero-order chi connectivity index (χ0) is 20.1. The van der Waals surface area contributed by atoms with Gasteiger partial charge in [0, 0.05) is 7.05 Å². The fraction of sp³-hybridized carbons (Fsp3) is 0.261. The van der Waals surface area contributed by atoms with E-state index in [9.17, 15) is 4.79 Å². The molecule has 5 nitrogen and oxygen atoms in total. The topological polar surface area (TPSA) is 51.9 Å². The van der Waals surface area contributed by atoms with Gasteiger partial charge in [-0.1, -0.05) is 29.8 Å². The Kier molecular flexibility index (Phi) is 6.04. The van der Waals surface area contributed by atoms with Crippen molar-refractivity contribution in [1.29, 1.82) is 0 Å². The zero-order valence-electron chi connectivity index (χ0n) is 16.6. The lowest BCUT2D eigenvalue weighted by molar-refractivity contribution is 0.0706. The predicted molar refractivity (Wildman–Crippen MR) is 108 cm³/mol. The molecule has 28 heavy (non-hydrogen) atoms. The molecule has 2 aromatic carbocycles. The minimum Gasteiger partial charge on any atom is -0.497 e. The molecular weight excluding hydrogens is 354 g/mol. The van der Waals surface area contributed by atoms with Crippen molar-refractivity contribution in [3.63, 3.8) is 0 Å². The van der Waals surface area contributed by atoms with Gasteiger partial charge in [0.1, 0.15) is 23.9 Å². The first-order valence-corrected chi connectivity index (χ1v) is 9.17. The van der Waals surface area contributed by atoms with E-state index in [4.69, 9.17) is 13.9 Å². The zero-order valence-corrected chi connectivity index (χ0v) is 16.6. The number of methoxy groups -OCH3 is 1. The Morgan fingerprint density at radius 1 is 1.00 bits per heavy atom. The van der Waals surface area contributed by atoms with E-state index in [0.29, 0.717) is 11.5 Å². The number of benzene rings is 2. The number of aryl methyl sites for hydroxylation is 1. The second-order valence-corrected chi connectivity index (χ2v) is 6.73. The molecule has 0 bridgehead atoms. The fourth-order valence-electron chi connectivity index (χ4n) is 2.82. The molecule has 146 valence electrons. The van der Waals surface area contributed by atoms with Gasteiger partial charge in [0.05, 0.1) is 13.2 Å². The van der Waals surface area contributed by atoms with Crippen molar-refractivity contribution in [2.75, 3.05) is 14.2 Å². The van der Waals surface area contributed by atoms with Gasteiger partial charge < -0.3 is 18.8 Å². The van der Waals surface area contributed by atoms with E-state index < -0.39 is 0 Å². The average Bonchev–Trinajstić information content (AvgIpc) is 3.21. The van der Waals surface area contributed by atoms with Gasteiger partial charge >= 0.3 is 0 Å². The van der Waals surface area contributed by atoms with E-state index in [2.05, 4.69) is 0 Å². The summed E-state index contributed by atoms with van der Waals surface area (Å²) in [4.78, 5) is 14.4. The van der Waals surface area contributed by atoms with Crippen LogP contribution in [0.2, 0.25) is 0 Å². The number of nitrogens with zero attached hydrogens (tertiary/aromatic N) is 1. The van der Waals surface area contributed by atoms with Crippen LogP contribution in [0, 0.1) is 6.92 Å². The highest BCUT2D eigenvalue weighted by atomic mass is 16.5. The standard InChI is InChI=1S/C23H25NO4/c1-16-5-9-20(10-6-16)27-15-21-13-14-22(28-21)23(25)24(3)17(2)18-7-11-19(26-4)12-8-18/h5-14,17H,15H2,1-4H3/t17-/m1/s1. The molecule has 0 aliphatic heterocycles. The first-order chi connectivity index (χ1) is 13.5. The molecule has 0 unspecified atom stereocenters. The smallest absolute Gasteiger partial charge is 0.289 e. The minimum absolute atomic E-state index is 0.101. The first-order valence-electron chi connectivity index (χ1n) is 9.17. The molecule has 1 aromatic heterocycles. The maximum Gasteiger partial charge on any atom is 0.289 e. The number of rotatable bonds is 7. The van der Waals surface area contributed by atoms with E-state index in [1.165, 1.54) is 5.56 Å². The van der Waals surface area contributed by atoms with E-state index >= 15 is 0 Å². The van der Waals surface area contributed by atoms with Crippen LogP contribution in [0.1, 0.15) is 40.4 Å². The van der Waals surface area contributed by atoms with Crippen LogP contribution in [0.15, 0.2) is 65.1 Å². The SMILES string of the molecule is COc1ccc([C@@H](C)N(C)C(=O)c2ccc(COc3ccc(C)cc3)o2)cc1. The van der Waals surface area contributed by atoms with Gasteiger partial charge in [-0.2, -0.15) is 0 Å². The Hall–Kier alpha value is -3.21. The van der Waals surface area contributed by atoms with E-state index in [-0.39, 0.29) is 18.6 Å². The lowest BCUT2D eigenvalue weighted by atomic mass is 10.1. The minimum atomic E-state index is -0.176. The molecule has 0 radical (unpaired) electrons. The van der Waals surface area contributed by atoms with Crippen LogP contribution in [0.3, 0.4) is 0 Å². The third-order valence-electron chi connectivity index (χ3n) is 4.77. The largest absolute Gasteiger partial charge is 0.497 e. The Balaban J connectivity index is 1.62. The van der Waals surface area contributed by atoms with Crippen molar-refractivity contribution in [2.45, 2.75) is 26.5 Å². The van der Waals surface area contributed by atoms with Crippen LogP contribution in [0.4, 0.5) is 0 Å². The molecule has 5 heteroatoms. The van der Waals surface area contributed by atoms with Gasteiger partial charge in [0.15, 0.2) is 5.76 Å². The number of carbonyl (C=O) groups is 1. The summed E-state index contributed by atoms with van der Waals surface area (Å²) in [6.45, 7) is 4.27. The summed E-state index contributed by atoms with van der Waals surface area (Å²) in [7, 11) is 3.40. The van der Waals surface area contributed by atoms with Crippen LogP contribution in [-0.4, -0.2) is 25.0 Å². The second kappa shape index (κ2) is 8.65. The van der Waals surface area contributed by atoms with Crippen LogP contribution >= 0.6 is 0 Å². The molecule has 1 heterocycles. The quantitative estimate of drug-likeness (QED) is 0.579. The number of hydrogen-bond donors (Lipinski definition) is 0. The highest BCUT2D eigenvalue weighted by Crippen LogP contribution is 2.24. The fourth-order valence-corrected chi connectivity index (χ4v) is 2.82. The molecule has 0 aliphatic carbocycles. The molecule has 1 atom stereocenters. The molecule has 0 N–H and O–H groups in total. The monoisotopic (exact) mass is 379 g/mol. The molecular formula is C23H25NO4. The first kappa shape index (κ1) is 19.5. The summed E-state index contributed by atoms with van der Waals surface area (Å²) in [5.74, 6) is 2.28. The Morgan fingerprint density at radius 2 is 1.64 bits per heavy atom. The van der Waals surface area contributed by atoms with Crippen LogP contribution < -0.4 is 9.47 Å². The van der Waals surface area contributed by atoms with Crippen molar-refractivity contribution in [3.8, 4) is 11.5 Å². The lowest BCUT2D eigenvalue weighted by Crippen LogP contribution is -2.29. The van der Waals surface area contributed by atoms with E-state index in [1.807, 2.05) is 62.4 Å². The summed E-state index contributed by atoms with van der Waals surface area (Å²) < 4.78 is 16.6. The highest BCUT2D eigenvalue weighted by Gasteiger charge is 2.22. The Bertz CT molecular complexity index is 913. The molecule has 0 saturated carbocycles. The molecule has 1 amide bonds. The number of ether oxygens (including phenoxy) is 2. The van der Waals surface area contributed by atoms with Gasteiger partial charge in [-0.25, -0.2) is 0 Å². The molecule has 3 aromatic rings. The molecule has 0 fully saturated rings. The van der Waals surface area contributed by atoms with Crippen molar-refractivity contribution >= 4 is 5.91 Å². The van der Waals surface area contributed by atoms with E-state index in [1.54, 1.807) is 31.2 Å². The van der Waals surface area contributed by atoms with Crippen molar-refractivity contribution < 1.29 is 18.7 Å². The lowest BCUT2D eigenvalue weighted by Gasteiger charge is -2.24. The van der Waals surface area contributed by atoms with Crippen LogP contribution in [0.5, 0.6) is 11.5 Å². The average molecular weight is 379 g/mol. The van der Waals surface area contributed by atoms with Crippen LogP contribution in [-0.2, 0) is 6.61 Å². The van der Waals surface area contributed by atoms with Gasteiger partial charge in [-0.15, -0.1) is 0 Å². The summed E-state index contributed by atoms with van der Waals surface area (Å²) in [5, 5.41) is 0. The van der Waals surface area contributed by atoms with Crippen molar-refractivity contribution in [3.05, 3.63) is 83.3 Å². The number of furan rings is 1. The Labute approximate surface area is 165 Å². The summed E-state index contributed by atoms with van der Waals surface area (Å²) >= 11 is 0. The molecule has 0 saturated heterocycles. The number of amides is 1. The molecule has 0 aliphatic rings. The molecule has 3 rings (SSSR count). The second-order valence-electron chi connectivity index (χ2n) is 6.73. The number of hydrogen-bond acceptors (Lipinski definition) is 4. The molecule has 0 spiro atoms. The summed E-state index contributed by atoms with van der Waals surface area (Å²) in [6.07, 6.45) is 0. The maximum atomic E-state index is 12.8. The van der Waals surface area contributed by atoms with Gasteiger partial charge in [-0.3, -0.25) is 4.79 Å². The van der Waals surface area contributed by atoms with Gasteiger partial charge in [0.25, 0.3) is 5.91 Å². The third kappa shape index (κ3) is 4.55. The van der Waals surface area contributed by atoms with Crippen LogP contribution in [0.25, 0.3) is 0 Å². The third-order valence-corrected chi connectivity index (χ3v) is 4.77. The summed E-state index contributed by atoms with van der Waals surface area (Å²) in [5.41, 5.74) is 2.19. The highest BCUT2D eigenvalue weighted by molar-refractivity contribution is 5.91. The summed E-state index contributed by atoms with van der Waals surface area (Å²) in [6, 6.07) is 18.8. The van der Waals surface area contributed by atoms with Gasteiger partial charge in [0.2, 0.25) is 0 Å². The maximum absolute atomic E-state index is 12.8. The van der Waals surface area contributed by atoms with E-state index in [0.717, 1.165) is 17.1 Å². The Morgan fingerprint density at radius 3 is 2.29 bits per heavy atom.